The third-order valence-electron chi connectivity index (χ3n) is 2.83. The lowest BCUT2D eigenvalue weighted by molar-refractivity contribution is -0.384. The van der Waals surface area contributed by atoms with Gasteiger partial charge in [-0.05, 0) is 25.1 Å². The van der Waals surface area contributed by atoms with Gasteiger partial charge in [-0.1, -0.05) is 29.3 Å². The Hall–Kier alpha value is -2.05. The molecule has 1 amide bonds. The van der Waals surface area contributed by atoms with Crippen LogP contribution in [0.4, 0.5) is 11.4 Å². The number of nitro benzene ring substituents is 1. The molecule has 114 valence electrons. The number of amides is 1. The number of carbonyl (C=O) groups excluding carboxylic acids is 1. The predicted molar refractivity (Wildman–Crippen MR) is 88.6 cm³/mol. The number of nitrogens with one attached hydrogen (secondary N) is 1. The summed E-state index contributed by atoms with van der Waals surface area (Å²) < 4.78 is 0. The lowest BCUT2D eigenvalue weighted by Gasteiger charge is -2.07. The Bertz CT molecular complexity index is 704. The van der Waals surface area contributed by atoms with Gasteiger partial charge in [0.1, 0.15) is 0 Å². The van der Waals surface area contributed by atoms with Crippen LogP contribution >= 0.6 is 23.4 Å². The van der Waals surface area contributed by atoms with Gasteiger partial charge in [0.2, 0.25) is 5.91 Å². The van der Waals surface area contributed by atoms with Gasteiger partial charge in [-0.2, -0.15) is 0 Å². The Balaban J connectivity index is 1.94. The van der Waals surface area contributed by atoms with Crippen molar-refractivity contribution < 1.29 is 9.72 Å². The molecule has 0 spiro atoms. The summed E-state index contributed by atoms with van der Waals surface area (Å²) in [7, 11) is 0. The molecule has 0 unspecified atom stereocenters. The highest BCUT2D eigenvalue weighted by molar-refractivity contribution is 8.00. The van der Waals surface area contributed by atoms with Crippen molar-refractivity contribution in [2.45, 2.75) is 11.8 Å². The Labute approximate surface area is 136 Å². The minimum atomic E-state index is -0.537. The monoisotopic (exact) mass is 336 g/mol. The zero-order valence-electron chi connectivity index (χ0n) is 11.7. The van der Waals surface area contributed by atoms with Gasteiger partial charge in [0.15, 0.2) is 0 Å². The van der Waals surface area contributed by atoms with Crippen LogP contribution in [-0.2, 0) is 4.79 Å². The molecule has 0 saturated carbocycles. The number of nitrogens with zero attached hydrogens (tertiary/aromatic N) is 1. The zero-order chi connectivity index (χ0) is 16.1. The third-order valence-corrected chi connectivity index (χ3v) is 4.15. The molecule has 2 rings (SSSR count). The first-order valence-electron chi connectivity index (χ1n) is 6.39. The Morgan fingerprint density at radius 1 is 1.27 bits per heavy atom. The second-order valence-electron chi connectivity index (χ2n) is 4.57. The zero-order valence-corrected chi connectivity index (χ0v) is 13.3. The standard InChI is InChI=1S/C15H13ClN2O3S/c1-10-2-5-12(6-3-10)22-9-15(19)17-14-7-4-11(18(20)21)8-13(14)16/h2-8H,9H2,1H3,(H,17,19). The first-order valence-corrected chi connectivity index (χ1v) is 7.75. The average Bonchev–Trinajstić information content (AvgIpc) is 2.48. The summed E-state index contributed by atoms with van der Waals surface area (Å²) >= 11 is 7.33. The maximum atomic E-state index is 11.9. The number of carbonyl (C=O) groups is 1. The van der Waals surface area contributed by atoms with Crippen LogP contribution in [-0.4, -0.2) is 16.6 Å². The van der Waals surface area contributed by atoms with Gasteiger partial charge in [0.25, 0.3) is 5.69 Å². The molecule has 0 fully saturated rings. The van der Waals surface area contributed by atoms with Crippen LogP contribution < -0.4 is 5.32 Å². The SMILES string of the molecule is Cc1ccc(SCC(=O)Nc2ccc([N+](=O)[O-])cc2Cl)cc1. The van der Waals surface area contributed by atoms with Crippen LogP contribution in [0.2, 0.25) is 5.02 Å². The highest BCUT2D eigenvalue weighted by atomic mass is 35.5. The van der Waals surface area contributed by atoms with E-state index in [4.69, 9.17) is 11.6 Å². The highest BCUT2D eigenvalue weighted by Crippen LogP contribution is 2.27. The molecule has 0 heterocycles. The van der Waals surface area contributed by atoms with Crippen molar-refractivity contribution in [3.63, 3.8) is 0 Å². The average molecular weight is 337 g/mol. The summed E-state index contributed by atoms with van der Waals surface area (Å²) in [6.45, 7) is 2.00. The van der Waals surface area contributed by atoms with E-state index in [0.717, 1.165) is 10.5 Å². The van der Waals surface area contributed by atoms with Gasteiger partial charge in [0, 0.05) is 17.0 Å². The number of hydrogen-bond acceptors (Lipinski definition) is 4. The maximum absolute atomic E-state index is 11.9. The molecule has 0 aromatic heterocycles. The molecule has 1 N–H and O–H groups in total. The molecular formula is C15H13ClN2O3S. The number of anilines is 1. The summed E-state index contributed by atoms with van der Waals surface area (Å²) in [5.74, 6) is 0.0115. The van der Waals surface area contributed by atoms with E-state index in [0.29, 0.717) is 5.69 Å². The summed E-state index contributed by atoms with van der Waals surface area (Å²) in [6, 6.07) is 11.8. The van der Waals surface area contributed by atoms with Crippen molar-refractivity contribution in [2.75, 3.05) is 11.1 Å². The summed E-state index contributed by atoms with van der Waals surface area (Å²) in [4.78, 5) is 23.0. The van der Waals surface area contributed by atoms with Crippen molar-refractivity contribution >= 4 is 40.6 Å². The first kappa shape index (κ1) is 16.3. The third kappa shape index (κ3) is 4.47. The van der Waals surface area contributed by atoms with Crippen LogP contribution in [0.15, 0.2) is 47.4 Å². The van der Waals surface area contributed by atoms with Crippen LogP contribution in [0.25, 0.3) is 0 Å². The summed E-state index contributed by atoms with van der Waals surface area (Å²) in [5.41, 5.74) is 1.41. The Morgan fingerprint density at radius 2 is 1.95 bits per heavy atom. The molecule has 7 heteroatoms. The lowest BCUT2D eigenvalue weighted by atomic mass is 10.2. The molecule has 2 aromatic carbocycles. The summed E-state index contributed by atoms with van der Waals surface area (Å²) in [6.07, 6.45) is 0. The maximum Gasteiger partial charge on any atom is 0.271 e. The van der Waals surface area contributed by atoms with E-state index in [2.05, 4.69) is 5.32 Å². The molecule has 0 atom stereocenters. The van der Waals surface area contributed by atoms with Gasteiger partial charge >= 0.3 is 0 Å². The van der Waals surface area contributed by atoms with E-state index < -0.39 is 4.92 Å². The lowest BCUT2D eigenvalue weighted by Crippen LogP contribution is -2.14. The van der Waals surface area contributed by atoms with E-state index in [-0.39, 0.29) is 22.4 Å². The van der Waals surface area contributed by atoms with Crippen LogP contribution in [0, 0.1) is 17.0 Å². The number of nitro groups is 1. The van der Waals surface area contributed by atoms with Crippen molar-refractivity contribution in [2.24, 2.45) is 0 Å². The quantitative estimate of drug-likeness (QED) is 0.502. The van der Waals surface area contributed by atoms with Gasteiger partial charge < -0.3 is 5.32 Å². The van der Waals surface area contributed by atoms with Crippen LogP contribution in [0.5, 0.6) is 0 Å². The van der Waals surface area contributed by atoms with Gasteiger partial charge in [-0.25, -0.2) is 0 Å². The number of rotatable bonds is 5. The summed E-state index contributed by atoms with van der Waals surface area (Å²) in [5, 5.41) is 13.4. The molecule has 0 aliphatic rings. The van der Waals surface area contributed by atoms with Crippen molar-refractivity contribution in [1.29, 1.82) is 0 Å². The number of non-ortho nitro benzene ring substituents is 1. The molecule has 22 heavy (non-hydrogen) atoms. The number of aryl methyl sites for hydroxylation is 1. The fraction of sp³-hybridized carbons (Fsp3) is 0.133. The van der Waals surface area contributed by atoms with Crippen LogP contribution in [0.1, 0.15) is 5.56 Å². The number of halogens is 1. The molecule has 2 aromatic rings. The molecule has 5 nitrogen and oxygen atoms in total. The molecule has 0 aliphatic carbocycles. The number of thioether (sulfide) groups is 1. The smallest absolute Gasteiger partial charge is 0.271 e. The van der Waals surface area contributed by atoms with Crippen molar-refractivity contribution in [3.05, 3.63) is 63.2 Å². The van der Waals surface area contributed by atoms with E-state index in [9.17, 15) is 14.9 Å². The van der Waals surface area contributed by atoms with E-state index in [1.54, 1.807) is 0 Å². The highest BCUT2D eigenvalue weighted by Gasteiger charge is 2.11. The van der Waals surface area contributed by atoms with Crippen LogP contribution in [0.3, 0.4) is 0 Å². The van der Waals surface area contributed by atoms with E-state index >= 15 is 0 Å². The minimum absolute atomic E-state index is 0.114. The van der Waals surface area contributed by atoms with Crippen molar-refractivity contribution in [3.8, 4) is 0 Å². The molecule has 0 aliphatic heterocycles. The molecule has 0 radical (unpaired) electrons. The topological polar surface area (TPSA) is 72.2 Å². The number of benzene rings is 2. The largest absolute Gasteiger partial charge is 0.324 e. The minimum Gasteiger partial charge on any atom is -0.324 e. The second kappa shape index (κ2) is 7.29. The van der Waals surface area contributed by atoms with Gasteiger partial charge in [-0.15, -0.1) is 11.8 Å². The normalized spacial score (nSPS) is 10.3. The fourth-order valence-electron chi connectivity index (χ4n) is 1.69. The van der Waals surface area contributed by atoms with Crippen molar-refractivity contribution in [1.82, 2.24) is 0 Å². The number of hydrogen-bond donors (Lipinski definition) is 1. The molecule has 0 saturated heterocycles. The van der Waals surface area contributed by atoms with E-state index in [1.165, 1.54) is 30.0 Å². The second-order valence-corrected chi connectivity index (χ2v) is 6.03. The van der Waals surface area contributed by atoms with E-state index in [1.807, 2.05) is 31.2 Å². The molecular weight excluding hydrogens is 324 g/mol. The predicted octanol–water partition coefficient (Wildman–Crippen LogP) is 4.29. The Morgan fingerprint density at radius 3 is 2.55 bits per heavy atom. The molecule has 0 bridgehead atoms. The van der Waals surface area contributed by atoms with Gasteiger partial charge in [-0.3, -0.25) is 14.9 Å². The Kier molecular flexibility index (Phi) is 5.41. The first-order chi connectivity index (χ1) is 10.5. The van der Waals surface area contributed by atoms with Gasteiger partial charge in [0.05, 0.1) is 21.4 Å². The fourth-order valence-corrected chi connectivity index (χ4v) is 2.61.